The Balaban J connectivity index is 1.50. The van der Waals surface area contributed by atoms with E-state index in [1.165, 1.54) is 10.4 Å². The summed E-state index contributed by atoms with van der Waals surface area (Å²) in [5.74, 6) is 1.72. The number of aromatic nitrogens is 1. The second-order valence-electron chi connectivity index (χ2n) is 5.15. The second kappa shape index (κ2) is 6.45. The van der Waals surface area contributed by atoms with Crippen molar-refractivity contribution in [3.05, 3.63) is 39.3 Å². The molecule has 1 aliphatic heterocycles. The minimum Gasteiger partial charge on any atom is -0.486 e. The van der Waals surface area contributed by atoms with E-state index < -0.39 is 0 Å². The van der Waals surface area contributed by atoms with Crippen LogP contribution in [0.1, 0.15) is 21.1 Å². The van der Waals surface area contributed by atoms with Crippen LogP contribution in [-0.2, 0) is 13.0 Å². The summed E-state index contributed by atoms with van der Waals surface area (Å²) in [4.78, 5) is 5.77. The topological polar surface area (TPSA) is 43.4 Å². The molecule has 0 amide bonds. The zero-order valence-corrected chi connectivity index (χ0v) is 13.3. The summed E-state index contributed by atoms with van der Waals surface area (Å²) >= 11 is 1.77. The smallest absolute Gasteiger partial charge is 0.161 e. The van der Waals surface area contributed by atoms with Crippen LogP contribution in [0, 0.1) is 13.8 Å². The van der Waals surface area contributed by atoms with Crippen molar-refractivity contribution in [3.8, 4) is 11.5 Å². The fourth-order valence-corrected chi connectivity index (χ4v) is 3.32. The molecule has 1 aromatic heterocycles. The Labute approximate surface area is 129 Å². The number of nitrogens with one attached hydrogen (secondary N) is 1. The van der Waals surface area contributed by atoms with Gasteiger partial charge in [-0.1, -0.05) is 6.07 Å². The van der Waals surface area contributed by atoms with Gasteiger partial charge in [0.05, 0.1) is 10.7 Å². The molecule has 2 aromatic rings. The fourth-order valence-electron chi connectivity index (χ4n) is 2.42. The highest BCUT2D eigenvalue weighted by Gasteiger charge is 2.11. The van der Waals surface area contributed by atoms with Crippen molar-refractivity contribution in [3.63, 3.8) is 0 Å². The molecule has 4 nitrogen and oxygen atoms in total. The maximum atomic E-state index is 5.61. The second-order valence-corrected chi connectivity index (χ2v) is 6.43. The van der Waals surface area contributed by atoms with Gasteiger partial charge in [0.15, 0.2) is 11.5 Å². The minimum atomic E-state index is 0.638. The number of aryl methyl sites for hydroxylation is 2. The van der Waals surface area contributed by atoms with Crippen LogP contribution in [0.15, 0.2) is 18.2 Å². The summed E-state index contributed by atoms with van der Waals surface area (Å²) in [6.07, 6.45) is 0.980. The fraction of sp³-hybridized carbons (Fsp3) is 0.438. The van der Waals surface area contributed by atoms with Crippen molar-refractivity contribution in [2.75, 3.05) is 19.8 Å². The maximum absolute atomic E-state index is 5.61. The van der Waals surface area contributed by atoms with Crippen LogP contribution < -0.4 is 14.8 Å². The molecule has 0 bridgehead atoms. The highest BCUT2D eigenvalue weighted by Crippen LogP contribution is 2.30. The molecule has 0 radical (unpaired) electrons. The first kappa shape index (κ1) is 14.4. The van der Waals surface area contributed by atoms with Crippen molar-refractivity contribution >= 4 is 11.3 Å². The maximum Gasteiger partial charge on any atom is 0.161 e. The number of rotatable bonds is 5. The predicted octanol–water partition coefficient (Wildman–Crippen LogP) is 2.86. The number of thiazole rings is 1. The molecule has 0 saturated carbocycles. The molecule has 0 fully saturated rings. The van der Waals surface area contributed by atoms with Crippen LogP contribution in [0.25, 0.3) is 0 Å². The van der Waals surface area contributed by atoms with E-state index in [0.29, 0.717) is 13.2 Å². The Morgan fingerprint density at radius 2 is 2.00 bits per heavy atom. The molecule has 0 spiro atoms. The number of ether oxygens (including phenoxy) is 2. The van der Waals surface area contributed by atoms with Crippen LogP contribution in [0.5, 0.6) is 11.5 Å². The minimum absolute atomic E-state index is 0.638. The number of fused-ring (bicyclic) bond motifs is 1. The highest BCUT2D eigenvalue weighted by molar-refractivity contribution is 7.11. The zero-order valence-electron chi connectivity index (χ0n) is 12.4. The van der Waals surface area contributed by atoms with Crippen LogP contribution in [0.2, 0.25) is 0 Å². The summed E-state index contributed by atoms with van der Waals surface area (Å²) < 4.78 is 11.1. The molecule has 5 heteroatoms. The Morgan fingerprint density at radius 1 is 1.19 bits per heavy atom. The standard InChI is InChI=1S/C16H20N2O2S/c1-11-16(21-12(2)18-11)10-17-6-5-13-3-4-14-15(9-13)20-8-7-19-14/h3-4,9,17H,5-8,10H2,1-2H3. The van der Waals surface area contributed by atoms with E-state index >= 15 is 0 Å². The van der Waals surface area contributed by atoms with E-state index in [-0.39, 0.29) is 0 Å². The lowest BCUT2D eigenvalue weighted by Crippen LogP contribution is -2.17. The molecule has 1 aliphatic rings. The van der Waals surface area contributed by atoms with Crippen LogP contribution >= 0.6 is 11.3 Å². The van der Waals surface area contributed by atoms with Gasteiger partial charge in [0.1, 0.15) is 13.2 Å². The lowest BCUT2D eigenvalue weighted by Gasteiger charge is -2.18. The van der Waals surface area contributed by atoms with Crippen molar-refractivity contribution in [1.82, 2.24) is 10.3 Å². The largest absolute Gasteiger partial charge is 0.486 e. The Bertz CT molecular complexity index is 625. The number of nitrogens with zero attached hydrogens (tertiary/aromatic N) is 1. The third-order valence-corrected chi connectivity index (χ3v) is 4.56. The van der Waals surface area contributed by atoms with Crippen molar-refractivity contribution in [2.45, 2.75) is 26.8 Å². The van der Waals surface area contributed by atoms with Crippen molar-refractivity contribution in [2.24, 2.45) is 0 Å². The first-order chi connectivity index (χ1) is 10.2. The quantitative estimate of drug-likeness (QED) is 0.863. The van der Waals surface area contributed by atoms with E-state index in [1.807, 2.05) is 6.07 Å². The summed E-state index contributed by atoms with van der Waals surface area (Å²) in [6, 6.07) is 6.19. The van der Waals surface area contributed by atoms with E-state index in [0.717, 1.165) is 41.7 Å². The summed E-state index contributed by atoms with van der Waals surface area (Å²) in [7, 11) is 0. The van der Waals surface area contributed by atoms with Gasteiger partial charge in [0, 0.05) is 11.4 Å². The van der Waals surface area contributed by atoms with Crippen LogP contribution in [0.4, 0.5) is 0 Å². The van der Waals surface area contributed by atoms with Crippen molar-refractivity contribution < 1.29 is 9.47 Å². The van der Waals surface area contributed by atoms with Gasteiger partial charge in [-0.05, 0) is 44.5 Å². The molecule has 21 heavy (non-hydrogen) atoms. The first-order valence-corrected chi connectivity index (χ1v) is 8.06. The molecule has 0 saturated heterocycles. The van der Waals surface area contributed by atoms with E-state index in [2.05, 4.69) is 36.3 Å². The van der Waals surface area contributed by atoms with Gasteiger partial charge in [0.25, 0.3) is 0 Å². The van der Waals surface area contributed by atoms with E-state index in [4.69, 9.17) is 9.47 Å². The van der Waals surface area contributed by atoms with Crippen LogP contribution in [0.3, 0.4) is 0 Å². The average Bonchev–Trinajstić information content (AvgIpc) is 2.81. The number of benzene rings is 1. The zero-order chi connectivity index (χ0) is 14.7. The molecule has 3 rings (SSSR count). The lowest BCUT2D eigenvalue weighted by atomic mass is 10.1. The van der Waals surface area contributed by atoms with E-state index in [1.54, 1.807) is 11.3 Å². The number of hydrogen-bond donors (Lipinski definition) is 1. The monoisotopic (exact) mass is 304 g/mol. The van der Waals surface area contributed by atoms with Gasteiger partial charge in [-0.15, -0.1) is 11.3 Å². The third-order valence-electron chi connectivity index (χ3n) is 3.48. The van der Waals surface area contributed by atoms with E-state index in [9.17, 15) is 0 Å². The van der Waals surface area contributed by atoms with Gasteiger partial charge >= 0.3 is 0 Å². The average molecular weight is 304 g/mol. The lowest BCUT2D eigenvalue weighted by molar-refractivity contribution is 0.171. The molecule has 0 aliphatic carbocycles. The molecule has 1 N–H and O–H groups in total. The van der Waals surface area contributed by atoms with Crippen molar-refractivity contribution in [1.29, 1.82) is 0 Å². The molecular weight excluding hydrogens is 284 g/mol. The normalized spacial score (nSPS) is 13.4. The summed E-state index contributed by atoms with van der Waals surface area (Å²) in [5, 5.41) is 4.62. The molecular formula is C16H20N2O2S. The summed E-state index contributed by atoms with van der Waals surface area (Å²) in [5.41, 5.74) is 2.41. The molecule has 112 valence electrons. The Kier molecular flexibility index (Phi) is 4.41. The highest BCUT2D eigenvalue weighted by atomic mass is 32.1. The summed E-state index contributed by atoms with van der Waals surface area (Å²) in [6.45, 7) is 7.23. The third kappa shape index (κ3) is 3.54. The molecule has 2 heterocycles. The first-order valence-electron chi connectivity index (χ1n) is 7.24. The molecule has 0 atom stereocenters. The van der Waals surface area contributed by atoms with Crippen LogP contribution in [-0.4, -0.2) is 24.7 Å². The predicted molar refractivity (Wildman–Crippen MR) is 84.4 cm³/mol. The number of hydrogen-bond acceptors (Lipinski definition) is 5. The SMILES string of the molecule is Cc1nc(C)c(CNCCc2ccc3c(c2)OCCO3)s1. The van der Waals surface area contributed by atoms with Gasteiger partial charge in [0.2, 0.25) is 0 Å². The molecule has 1 aromatic carbocycles. The van der Waals surface area contributed by atoms with Gasteiger partial charge in [-0.2, -0.15) is 0 Å². The van der Waals surface area contributed by atoms with Gasteiger partial charge in [-0.25, -0.2) is 4.98 Å². The van der Waals surface area contributed by atoms with Gasteiger partial charge < -0.3 is 14.8 Å². The Morgan fingerprint density at radius 3 is 2.76 bits per heavy atom. The Hall–Kier alpha value is -1.59. The molecule has 0 unspecified atom stereocenters. The van der Waals surface area contributed by atoms with Gasteiger partial charge in [-0.3, -0.25) is 0 Å².